The van der Waals surface area contributed by atoms with E-state index in [1.165, 1.54) is 10.5 Å². The summed E-state index contributed by atoms with van der Waals surface area (Å²) in [7, 11) is 1.60. The van der Waals surface area contributed by atoms with Crippen LogP contribution < -0.4 is 21.1 Å². The molecule has 0 saturated heterocycles. The largest absolute Gasteiger partial charge is 0.497 e. The number of carbonyl (C=O) groups is 1. The monoisotopic (exact) mass is 479 g/mol. The molecule has 0 bridgehead atoms. The van der Waals surface area contributed by atoms with Crippen molar-refractivity contribution in [2.24, 2.45) is 0 Å². The van der Waals surface area contributed by atoms with Crippen molar-refractivity contribution < 1.29 is 9.53 Å². The third-order valence-corrected chi connectivity index (χ3v) is 6.21. The molecule has 8 nitrogen and oxygen atoms in total. The molecule has 36 heavy (non-hydrogen) atoms. The van der Waals surface area contributed by atoms with Crippen LogP contribution in [-0.4, -0.2) is 27.0 Å². The standard InChI is InChI=1S/C28H25N5O3/c1-18(20-8-4-3-5-9-20)30-27(34)22-16-23-26(31-24-10-6-7-15-32(24)28(23)35)33(25(22)29)17-19-11-13-21(36-2)14-12-19/h3-16,18,29H,17H2,1-2H3,(H,30,34). The Balaban J connectivity index is 1.67. The van der Waals surface area contributed by atoms with Crippen molar-refractivity contribution >= 4 is 22.6 Å². The molecule has 8 heteroatoms. The van der Waals surface area contributed by atoms with Crippen molar-refractivity contribution in [3.63, 3.8) is 0 Å². The molecule has 1 atom stereocenters. The van der Waals surface area contributed by atoms with Crippen LogP contribution in [0.1, 0.15) is 34.5 Å². The van der Waals surface area contributed by atoms with E-state index in [9.17, 15) is 9.59 Å². The second-order valence-corrected chi connectivity index (χ2v) is 8.53. The number of hydrogen-bond donors (Lipinski definition) is 2. The first-order chi connectivity index (χ1) is 17.5. The number of aromatic nitrogens is 3. The number of benzene rings is 2. The molecule has 1 unspecified atom stereocenters. The molecular weight excluding hydrogens is 454 g/mol. The van der Waals surface area contributed by atoms with E-state index in [4.69, 9.17) is 10.1 Å². The first-order valence-corrected chi connectivity index (χ1v) is 11.5. The number of pyridine rings is 2. The van der Waals surface area contributed by atoms with Gasteiger partial charge in [-0.15, -0.1) is 0 Å². The average Bonchev–Trinajstić information content (AvgIpc) is 2.91. The summed E-state index contributed by atoms with van der Waals surface area (Å²) < 4.78 is 8.30. The topological polar surface area (TPSA) is 101 Å². The number of hydrogen-bond acceptors (Lipinski definition) is 5. The summed E-state index contributed by atoms with van der Waals surface area (Å²) in [4.78, 5) is 31.5. The van der Waals surface area contributed by atoms with Crippen LogP contribution in [0.2, 0.25) is 0 Å². The molecule has 0 saturated carbocycles. The van der Waals surface area contributed by atoms with E-state index in [-0.39, 0.29) is 34.6 Å². The molecule has 2 aromatic carbocycles. The van der Waals surface area contributed by atoms with Crippen molar-refractivity contribution in [1.29, 1.82) is 5.41 Å². The maximum atomic E-state index is 13.4. The molecule has 0 aliphatic carbocycles. The maximum absolute atomic E-state index is 13.4. The lowest BCUT2D eigenvalue weighted by atomic mass is 10.1. The van der Waals surface area contributed by atoms with Gasteiger partial charge in [-0.2, -0.15) is 0 Å². The van der Waals surface area contributed by atoms with Gasteiger partial charge in [-0.3, -0.25) is 19.4 Å². The van der Waals surface area contributed by atoms with Crippen molar-refractivity contribution in [2.45, 2.75) is 19.5 Å². The zero-order chi connectivity index (χ0) is 25.2. The van der Waals surface area contributed by atoms with Gasteiger partial charge in [-0.1, -0.05) is 48.5 Å². The van der Waals surface area contributed by atoms with E-state index in [1.807, 2.05) is 61.5 Å². The third-order valence-electron chi connectivity index (χ3n) is 6.21. The number of nitrogens with one attached hydrogen (secondary N) is 2. The highest BCUT2D eigenvalue weighted by Gasteiger charge is 2.19. The van der Waals surface area contributed by atoms with Gasteiger partial charge in [0.05, 0.1) is 30.6 Å². The Morgan fingerprint density at radius 3 is 2.50 bits per heavy atom. The first kappa shape index (κ1) is 23.0. The SMILES string of the molecule is COc1ccc(Cn2c(=N)c(C(=O)NC(C)c3ccccc3)cc3c(=O)n4ccccc4nc32)cc1. The molecule has 0 spiro atoms. The molecule has 0 aliphatic heterocycles. The van der Waals surface area contributed by atoms with Gasteiger partial charge in [-0.25, -0.2) is 4.98 Å². The Kier molecular flexibility index (Phi) is 6.08. The van der Waals surface area contributed by atoms with Crippen LogP contribution in [0.5, 0.6) is 5.75 Å². The molecule has 0 fully saturated rings. The number of nitrogens with zero attached hydrogens (tertiary/aromatic N) is 3. The minimum atomic E-state index is -0.431. The van der Waals surface area contributed by atoms with Crippen LogP contribution in [0, 0.1) is 5.41 Å². The molecule has 2 N–H and O–H groups in total. The third kappa shape index (κ3) is 4.24. The minimum absolute atomic E-state index is 0.0248. The van der Waals surface area contributed by atoms with Gasteiger partial charge in [0.2, 0.25) is 0 Å². The Hall–Kier alpha value is -4.72. The molecule has 1 amide bonds. The molecule has 5 aromatic rings. The lowest BCUT2D eigenvalue weighted by Crippen LogP contribution is -2.36. The summed E-state index contributed by atoms with van der Waals surface area (Å²) >= 11 is 0. The van der Waals surface area contributed by atoms with Gasteiger partial charge < -0.3 is 14.6 Å². The van der Waals surface area contributed by atoms with Crippen molar-refractivity contribution in [1.82, 2.24) is 19.3 Å². The molecule has 3 heterocycles. The van der Waals surface area contributed by atoms with Crippen LogP contribution >= 0.6 is 0 Å². The zero-order valence-electron chi connectivity index (χ0n) is 19.9. The van der Waals surface area contributed by atoms with Gasteiger partial charge in [0.1, 0.15) is 22.5 Å². The molecule has 5 rings (SSSR count). The van der Waals surface area contributed by atoms with Crippen LogP contribution in [0.4, 0.5) is 0 Å². The summed E-state index contributed by atoms with van der Waals surface area (Å²) in [5.41, 5.74) is 2.41. The van der Waals surface area contributed by atoms with Crippen LogP contribution in [0.25, 0.3) is 16.7 Å². The highest BCUT2D eigenvalue weighted by molar-refractivity contribution is 5.97. The fourth-order valence-electron chi connectivity index (χ4n) is 4.23. The van der Waals surface area contributed by atoms with Crippen molar-refractivity contribution in [3.8, 4) is 5.75 Å². The van der Waals surface area contributed by atoms with E-state index < -0.39 is 5.91 Å². The Labute approximate surface area is 207 Å². The van der Waals surface area contributed by atoms with E-state index in [0.717, 1.165) is 11.1 Å². The van der Waals surface area contributed by atoms with Crippen LogP contribution in [0.3, 0.4) is 0 Å². The summed E-state index contributed by atoms with van der Waals surface area (Å²) in [5, 5.41) is 12.2. The minimum Gasteiger partial charge on any atom is -0.497 e. The number of amides is 1. The summed E-state index contributed by atoms with van der Waals surface area (Å²) in [5.74, 6) is 0.282. The fourth-order valence-corrected chi connectivity index (χ4v) is 4.23. The zero-order valence-corrected chi connectivity index (χ0v) is 19.9. The van der Waals surface area contributed by atoms with E-state index in [0.29, 0.717) is 17.0 Å². The normalized spacial score (nSPS) is 11.9. The van der Waals surface area contributed by atoms with Crippen LogP contribution in [0.15, 0.2) is 89.9 Å². The molecule has 180 valence electrons. The van der Waals surface area contributed by atoms with E-state index >= 15 is 0 Å². The summed E-state index contributed by atoms with van der Waals surface area (Å²) in [6.45, 7) is 2.14. The van der Waals surface area contributed by atoms with Crippen molar-refractivity contribution in [2.75, 3.05) is 7.11 Å². The quantitative estimate of drug-likeness (QED) is 0.363. The van der Waals surface area contributed by atoms with Gasteiger partial charge >= 0.3 is 0 Å². The molecule has 0 radical (unpaired) electrons. The smallest absolute Gasteiger partial charge is 0.267 e. The van der Waals surface area contributed by atoms with Crippen molar-refractivity contribution in [3.05, 3.63) is 118 Å². The predicted molar refractivity (Wildman–Crippen MR) is 137 cm³/mol. The Morgan fingerprint density at radius 2 is 1.78 bits per heavy atom. The van der Waals surface area contributed by atoms with Gasteiger partial charge in [-0.05, 0) is 48.4 Å². The van der Waals surface area contributed by atoms with Gasteiger partial charge in [0.15, 0.2) is 0 Å². The lowest BCUT2D eigenvalue weighted by Gasteiger charge is -2.17. The highest BCUT2D eigenvalue weighted by Crippen LogP contribution is 2.16. The predicted octanol–water partition coefficient (Wildman–Crippen LogP) is 3.68. The Morgan fingerprint density at radius 1 is 1.06 bits per heavy atom. The molecule has 3 aromatic heterocycles. The summed E-state index contributed by atoms with van der Waals surface area (Å²) in [6, 6.07) is 23.5. The number of rotatable bonds is 6. The number of ether oxygens (including phenoxy) is 1. The average molecular weight is 480 g/mol. The Bertz CT molecular complexity index is 1690. The molecule has 0 aliphatic rings. The molecular formula is C28H25N5O3. The summed E-state index contributed by atoms with van der Waals surface area (Å²) in [6.07, 6.45) is 1.64. The number of methoxy groups -OCH3 is 1. The van der Waals surface area contributed by atoms with Gasteiger partial charge in [0, 0.05) is 6.20 Å². The van der Waals surface area contributed by atoms with E-state index in [1.54, 1.807) is 36.1 Å². The van der Waals surface area contributed by atoms with Crippen LogP contribution in [-0.2, 0) is 6.54 Å². The van der Waals surface area contributed by atoms with E-state index in [2.05, 4.69) is 10.3 Å². The first-order valence-electron chi connectivity index (χ1n) is 11.5. The fraction of sp³-hybridized carbons (Fsp3) is 0.143. The second-order valence-electron chi connectivity index (χ2n) is 8.53. The highest BCUT2D eigenvalue weighted by atomic mass is 16.5. The lowest BCUT2D eigenvalue weighted by molar-refractivity contribution is 0.0937. The second kappa shape index (κ2) is 9.50. The number of fused-ring (bicyclic) bond motifs is 2. The van der Waals surface area contributed by atoms with Gasteiger partial charge in [0.25, 0.3) is 11.5 Å². The maximum Gasteiger partial charge on any atom is 0.267 e. The number of carbonyl (C=O) groups excluding carboxylic acids is 1.